The van der Waals surface area contributed by atoms with E-state index in [0.717, 1.165) is 18.8 Å². The fourth-order valence-corrected chi connectivity index (χ4v) is 2.28. The molecular formula is C14H19N3O2. The van der Waals surface area contributed by atoms with Gasteiger partial charge in [-0.25, -0.2) is 0 Å². The Morgan fingerprint density at radius 3 is 2.79 bits per heavy atom. The number of hydrogen-bond donors (Lipinski definition) is 0. The number of carbonyl (C=O) groups excluding carboxylic acids is 1. The lowest BCUT2D eigenvalue weighted by Gasteiger charge is -2.35. The molecule has 0 bridgehead atoms. The third-order valence-corrected chi connectivity index (χ3v) is 3.57. The monoisotopic (exact) mass is 261 g/mol. The molecular weight excluding hydrogens is 242 g/mol. The lowest BCUT2D eigenvalue weighted by Crippen LogP contribution is -2.51. The molecule has 0 aromatic carbocycles. The summed E-state index contributed by atoms with van der Waals surface area (Å²) in [6.07, 6.45) is 2.77. The van der Waals surface area contributed by atoms with Crippen LogP contribution in [0.25, 0.3) is 0 Å². The molecule has 2 heterocycles. The molecule has 0 N–H and O–H groups in total. The maximum absolute atomic E-state index is 12.0. The van der Waals surface area contributed by atoms with E-state index in [0.29, 0.717) is 25.9 Å². The lowest BCUT2D eigenvalue weighted by atomic mass is 10.2. The molecule has 1 aromatic rings. The van der Waals surface area contributed by atoms with Crippen LogP contribution in [0.15, 0.2) is 22.8 Å². The normalized spacial score (nSPS) is 18.0. The van der Waals surface area contributed by atoms with Gasteiger partial charge in [0.25, 0.3) is 0 Å². The summed E-state index contributed by atoms with van der Waals surface area (Å²) < 4.78 is 5.22. The third-order valence-electron chi connectivity index (χ3n) is 3.57. The van der Waals surface area contributed by atoms with E-state index in [4.69, 9.17) is 9.68 Å². The Bertz CT molecular complexity index is 442. The quantitative estimate of drug-likeness (QED) is 0.819. The molecule has 0 radical (unpaired) electrons. The van der Waals surface area contributed by atoms with Crippen molar-refractivity contribution in [2.45, 2.75) is 25.8 Å². The smallest absolute Gasteiger partial charge is 0.223 e. The fraction of sp³-hybridized carbons (Fsp3) is 0.571. The largest absolute Gasteiger partial charge is 0.469 e. The van der Waals surface area contributed by atoms with Crippen LogP contribution in [0.1, 0.15) is 19.1 Å². The number of carbonyl (C=O) groups is 1. The van der Waals surface area contributed by atoms with E-state index in [1.54, 1.807) is 6.26 Å². The molecule has 1 amide bonds. The van der Waals surface area contributed by atoms with Crippen LogP contribution in [-0.2, 0) is 11.2 Å². The minimum Gasteiger partial charge on any atom is -0.469 e. The van der Waals surface area contributed by atoms with E-state index in [-0.39, 0.29) is 11.9 Å². The SMILES string of the molecule is CC(C#N)N1CCN(C(=O)CCc2ccco2)CC1. The minimum atomic E-state index is -0.0691. The van der Waals surface area contributed by atoms with Crippen LogP contribution >= 0.6 is 0 Å². The number of furan rings is 1. The van der Waals surface area contributed by atoms with E-state index >= 15 is 0 Å². The molecule has 1 aliphatic heterocycles. The Kier molecular flexibility index (Phi) is 4.58. The number of aryl methyl sites for hydroxylation is 1. The molecule has 0 spiro atoms. The van der Waals surface area contributed by atoms with Crippen LogP contribution < -0.4 is 0 Å². The van der Waals surface area contributed by atoms with Crippen LogP contribution in [-0.4, -0.2) is 47.9 Å². The molecule has 0 aliphatic carbocycles. The topological polar surface area (TPSA) is 60.5 Å². The Balaban J connectivity index is 1.75. The van der Waals surface area contributed by atoms with Crippen molar-refractivity contribution in [3.8, 4) is 6.07 Å². The average Bonchev–Trinajstić information content (AvgIpc) is 2.97. The molecule has 5 heteroatoms. The highest BCUT2D eigenvalue weighted by molar-refractivity contribution is 5.76. The zero-order chi connectivity index (χ0) is 13.7. The number of nitriles is 1. The van der Waals surface area contributed by atoms with Gasteiger partial charge in [-0.05, 0) is 19.1 Å². The van der Waals surface area contributed by atoms with E-state index in [1.807, 2.05) is 24.0 Å². The molecule has 1 saturated heterocycles. The second-order valence-corrected chi connectivity index (χ2v) is 4.80. The molecule has 2 rings (SSSR count). The Morgan fingerprint density at radius 1 is 1.47 bits per heavy atom. The lowest BCUT2D eigenvalue weighted by molar-refractivity contribution is -0.133. The molecule has 1 fully saturated rings. The number of nitrogens with zero attached hydrogens (tertiary/aromatic N) is 3. The molecule has 1 atom stereocenters. The second-order valence-electron chi connectivity index (χ2n) is 4.80. The fourth-order valence-electron chi connectivity index (χ4n) is 2.28. The predicted octanol–water partition coefficient (Wildman–Crippen LogP) is 1.27. The Labute approximate surface area is 113 Å². The highest BCUT2D eigenvalue weighted by Crippen LogP contribution is 2.09. The van der Waals surface area contributed by atoms with Crippen LogP contribution in [0, 0.1) is 11.3 Å². The van der Waals surface area contributed by atoms with Gasteiger partial charge in [-0.15, -0.1) is 0 Å². The summed E-state index contributed by atoms with van der Waals surface area (Å²) in [5, 5.41) is 8.87. The summed E-state index contributed by atoms with van der Waals surface area (Å²) in [6, 6.07) is 5.89. The van der Waals surface area contributed by atoms with Gasteiger partial charge in [-0.3, -0.25) is 9.69 Å². The third kappa shape index (κ3) is 3.58. The van der Waals surface area contributed by atoms with E-state index in [1.165, 1.54) is 0 Å². The number of piperazine rings is 1. The number of hydrogen-bond acceptors (Lipinski definition) is 4. The van der Waals surface area contributed by atoms with Crippen LogP contribution in [0.4, 0.5) is 0 Å². The highest BCUT2D eigenvalue weighted by Gasteiger charge is 2.23. The summed E-state index contributed by atoms with van der Waals surface area (Å²) in [6.45, 7) is 4.88. The van der Waals surface area contributed by atoms with Gasteiger partial charge in [-0.1, -0.05) is 0 Å². The van der Waals surface area contributed by atoms with Gasteiger partial charge >= 0.3 is 0 Å². The molecule has 1 unspecified atom stereocenters. The molecule has 0 saturated carbocycles. The first-order valence-corrected chi connectivity index (χ1v) is 6.64. The summed E-state index contributed by atoms with van der Waals surface area (Å²) >= 11 is 0. The Morgan fingerprint density at radius 2 is 2.21 bits per heavy atom. The van der Waals surface area contributed by atoms with E-state index in [9.17, 15) is 4.79 Å². The van der Waals surface area contributed by atoms with Crippen LogP contribution in [0.5, 0.6) is 0 Å². The maximum atomic E-state index is 12.0. The van der Waals surface area contributed by atoms with Gasteiger partial charge in [0.1, 0.15) is 5.76 Å². The first-order chi connectivity index (χ1) is 9.20. The van der Waals surface area contributed by atoms with Crippen LogP contribution in [0.2, 0.25) is 0 Å². The molecule has 1 aromatic heterocycles. The number of rotatable bonds is 4. The van der Waals surface area contributed by atoms with E-state index < -0.39 is 0 Å². The van der Waals surface area contributed by atoms with Crippen molar-refractivity contribution < 1.29 is 9.21 Å². The van der Waals surface area contributed by atoms with Crippen molar-refractivity contribution in [1.82, 2.24) is 9.80 Å². The summed E-state index contributed by atoms with van der Waals surface area (Å²) in [5.74, 6) is 1.02. The highest BCUT2D eigenvalue weighted by atomic mass is 16.3. The average molecular weight is 261 g/mol. The van der Waals surface area contributed by atoms with Crippen molar-refractivity contribution in [2.24, 2.45) is 0 Å². The second kappa shape index (κ2) is 6.39. The summed E-state index contributed by atoms with van der Waals surface area (Å²) in [5.41, 5.74) is 0. The summed E-state index contributed by atoms with van der Waals surface area (Å²) in [4.78, 5) is 16.0. The van der Waals surface area contributed by atoms with Gasteiger partial charge in [-0.2, -0.15) is 5.26 Å². The van der Waals surface area contributed by atoms with E-state index in [2.05, 4.69) is 11.0 Å². The Hall–Kier alpha value is -1.80. The molecule has 19 heavy (non-hydrogen) atoms. The van der Waals surface area contributed by atoms with Gasteiger partial charge in [0.2, 0.25) is 5.91 Å². The van der Waals surface area contributed by atoms with Gasteiger partial charge in [0.05, 0.1) is 18.4 Å². The van der Waals surface area contributed by atoms with Crippen molar-refractivity contribution in [3.05, 3.63) is 24.2 Å². The van der Waals surface area contributed by atoms with Gasteiger partial charge in [0.15, 0.2) is 0 Å². The molecule has 102 valence electrons. The summed E-state index contributed by atoms with van der Waals surface area (Å²) in [7, 11) is 0. The van der Waals surface area contributed by atoms with Crippen molar-refractivity contribution in [2.75, 3.05) is 26.2 Å². The standard InChI is InChI=1S/C14H19N3O2/c1-12(11-15)16-6-8-17(9-7-16)14(18)5-4-13-3-2-10-19-13/h2-3,10,12H,4-9H2,1H3. The van der Waals surface area contributed by atoms with Crippen LogP contribution in [0.3, 0.4) is 0 Å². The molecule has 1 aliphatic rings. The van der Waals surface area contributed by atoms with Crippen molar-refractivity contribution >= 4 is 5.91 Å². The minimum absolute atomic E-state index is 0.0691. The predicted molar refractivity (Wildman–Crippen MR) is 70.3 cm³/mol. The number of amides is 1. The first kappa shape index (κ1) is 13.6. The molecule has 5 nitrogen and oxygen atoms in total. The van der Waals surface area contributed by atoms with Crippen molar-refractivity contribution in [3.63, 3.8) is 0 Å². The van der Waals surface area contributed by atoms with Crippen molar-refractivity contribution in [1.29, 1.82) is 5.26 Å². The first-order valence-electron chi connectivity index (χ1n) is 6.64. The van der Waals surface area contributed by atoms with Gasteiger partial charge in [0, 0.05) is 39.0 Å². The zero-order valence-electron chi connectivity index (χ0n) is 11.2. The maximum Gasteiger partial charge on any atom is 0.223 e. The zero-order valence-corrected chi connectivity index (χ0v) is 11.2. The van der Waals surface area contributed by atoms with Gasteiger partial charge < -0.3 is 9.32 Å².